The van der Waals surface area contributed by atoms with Crippen molar-refractivity contribution in [2.75, 3.05) is 7.11 Å². The third kappa shape index (κ3) is 1.81. The van der Waals surface area contributed by atoms with Crippen LogP contribution in [0.2, 0.25) is 5.02 Å². The Labute approximate surface area is 129 Å². The molecule has 0 atom stereocenters. The molecular formula is C15H8ClNO5. The molecule has 6 nitrogen and oxygen atoms in total. The van der Waals surface area contributed by atoms with Gasteiger partial charge in [0.25, 0.3) is 5.69 Å². The van der Waals surface area contributed by atoms with E-state index in [9.17, 15) is 19.7 Å². The summed E-state index contributed by atoms with van der Waals surface area (Å²) in [5.41, 5.74) is -0.279. The fraction of sp³-hybridized carbons (Fsp3) is 0.0667. The summed E-state index contributed by atoms with van der Waals surface area (Å²) in [6.45, 7) is 0. The summed E-state index contributed by atoms with van der Waals surface area (Å²) in [6, 6.07) is 4.31. The number of nitro groups is 1. The van der Waals surface area contributed by atoms with Crippen LogP contribution in [0.4, 0.5) is 5.69 Å². The maximum Gasteiger partial charge on any atom is 0.278 e. The van der Waals surface area contributed by atoms with E-state index in [4.69, 9.17) is 16.3 Å². The van der Waals surface area contributed by atoms with Crippen molar-refractivity contribution in [3.63, 3.8) is 0 Å². The molecule has 0 fully saturated rings. The summed E-state index contributed by atoms with van der Waals surface area (Å²) in [5, 5.41) is 11.5. The predicted octanol–water partition coefficient (Wildman–Crippen LogP) is 3.35. The van der Waals surface area contributed by atoms with Gasteiger partial charge in [-0.3, -0.25) is 19.7 Å². The maximum absolute atomic E-state index is 12.1. The van der Waals surface area contributed by atoms with Crippen molar-refractivity contribution in [2.45, 2.75) is 0 Å². The number of non-ortho nitro benzene ring substituents is 1. The van der Waals surface area contributed by atoms with Gasteiger partial charge in [-0.1, -0.05) is 23.7 Å². The van der Waals surface area contributed by atoms with Crippen molar-refractivity contribution in [3.05, 3.63) is 56.6 Å². The summed E-state index contributed by atoms with van der Waals surface area (Å²) in [7, 11) is 1.33. The van der Waals surface area contributed by atoms with Crippen molar-refractivity contribution < 1.29 is 19.2 Å². The molecule has 1 aliphatic rings. The highest BCUT2D eigenvalue weighted by Crippen LogP contribution is 2.44. The molecule has 0 aromatic heterocycles. The molecule has 0 N–H and O–H groups in total. The van der Waals surface area contributed by atoms with Crippen LogP contribution in [0.3, 0.4) is 0 Å². The maximum atomic E-state index is 12.1. The second-order valence-electron chi connectivity index (χ2n) is 4.62. The number of nitrogens with zero attached hydrogens (tertiary/aromatic N) is 1. The first-order valence-electron chi connectivity index (χ1n) is 6.20. The van der Waals surface area contributed by atoms with Crippen molar-refractivity contribution in [1.82, 2.24) is 0 Å². The van der Waals surface area contributed by atoms with Crippen molar-refractivity contribution in [3.8, 4) is 5.75 Å². The van der Waals surface area contributed by atoms with E-state index >= 15 is 0 Å². The second kappa shape index (κ2) is 4.92. The normalized spacial score (nSPS) is 13.4. The Balaban J connectivity index is 2.60. The van der Waals surface area contributed by atoms with Gasteiger partial charge in [0.2, 0.25) is 0 Å². The molecule has 0 unspecified atom stereocenters. The lowest BCUT2D eigenvalue weighted by molar-refractivity contribution is -0.383. The van der Waals surface area contributed by atoms with E-state index in [0.717, 1.165) is 12.2 Å². The zero-order valence-electron chi connectivity index (χ0n) is 11.3. The monoisotopic (exact) mass is 317 g/mol. The highest BCUT2D eigenvalue weighted by Gasteiger charge is 2.31. The van der Waals surface area contributed by atoms with Gasteiger partial charge in [-0.15, -0.1) is 0 Å². The molecular weight excluding hydrogens is 310 g/mol. The molecule has 3 rings (SSSR count). The number of hydrogen-bond donors (Lipinski definition) is 0. The molecule has 0 spiro atoms. The van der Waals surface area contributed by atoms with Crippen molar-refractivity contribution in [2.24, 2.45) is 0 Å². The second-order valence-corrected chi connectivity index (χ2v) is 4.99. The Morgan fingerprint density at radius 3 is 2.36 bits per heavy atom. The number of carbonyl (C=O) groups excluding carboxylic acids is 2. The van der Waals surface area contributed by atoms with Gasteiger partial charge in [0, 0.05) is 11.5 Å². The van der Waals surface area contributed by atoms with E-state index < -0.39 is 16.5 Å². The average molecular weight is 318 g/mol. The SMILES string of the molecule is COc1c2c(c(Cl)c3c([N+](=O)[O-])cccc13)C(=O)C=CC2=O. The Bertz CT molecular complexity index is 901. The smallest absolute Gasteiger partial charge is 0.278 e. The van der Waals surface area contributed by atoms with Gasteiger partial charge >= 0.3 is 0 Å². The van der Waals surface area contributed by atoms with E-state index in [2.05, 4.69) is 0 Å². The minimum atomic E-state index is -0.592. The molecule has 0 aliphatic heterocycles. The molecule has 1 aliphatic carbocycles. The van der Waals surface area contributed by atoms with Crippen LogP contribution in [0.25, 0.3) is 10.8 Å². The quantitative estimate of drug-likeness (QED) is 0.626. The van der Waals surface area contributed by atoms with Crippen molar-refractivity contribution >= 4 is 39.6 Å². The van der Waals surface area contributed by atoms with Crippen LogP contribution in [0.1, 0.15) is 20.7 Å². The third-order valence-electron chi connectivity index (χ3n) is 3.48. The fourth-order valence-corrected chi connectivity index (χ4v) is 2.98. The topological polar surface area (TPSA) is 86.5 Å². The number of hydrogen-bond acceptors (Lipinski definition) is 5. The lowest BCUT2D eigenvalue weighted by atomic mass is 9.90. The molecule has 22 heavy (non-hydrogen) atoms. The van der Waals surface area contributed by atoms with Crippen LogP contribution in [-0.2, 0) is 0 Å². The summed E-state index contributed by atoms with van der Waals surface area (Å²) in [4.78, 5) is 34.8. The summed E-state index contributed by atoms with van der Waals surface area (Å²) in [6.07, 6.45) is 2.23. The molecule has 0 saturated carbocycles. The minimum Gasteiger partial charge on any atom is -0.495 e. The molecule has 2 aromatic rings. The van der Waals surface area contributed by atoms with Crippen molar-refractivity contribution in [1.29, 1.82) is 0 Å². The van der Waals surface area contributed by atoms with Crippen LogP contribution in [0, 0.1) is 10.1 Å². The molecule has 7 heteroatoms. The van der Waals surface area contributed by atoms with E-state index in [-0.39, 0.29) is 33.0 Å². The highest BCUT2D eigenvalue weighted by atomic mass is 35.5. The van der Waals surface area contributed by atoms with Gasteiger partial charge in [0.05, 0.1) is 33.6 Å². The predicted molar refractivity (Wildman–Crippen MR) is 80.0 cm³/mol. The molecule has 0 saturated heterocycles. The number of fused-ring (bicyclic) bond motifs is 2. The standard InChI is InChI=1S/C15H8ClNO5/c1-22-15-7-3-2-4-8(17(20)21)11(7)14(16)12-9(18)5-6-10(19)13(12)15/h2-6H,1H3. The zero-order valence-corrected chi connectivity index (χ0v) is 12.0. The van der Waals surface area contributed by atoms with Crippen LogP contribution in [-0.4, -0.2) is 23.6 Å². The van der Waals surface area contributed by atoms with Gasteiger partial charge < -0.3 is 4.74 Å². The number of halogens is 1. The Hall–Kier alpha value is -2.73. The van der Waals surface area contributed by atoms with Crippen LogP contribution >= 0.6 is 11.6 Å². The Kier molecular flexibility index (Phi) is 3.18. The van der Waals surface area contributed by atoms with E-state index in [0.29, 0.717) is 5.39 Å². The van der Waals surface area contributed by atoms with E-state index in [1.54, 1.807) is 6.07 Å². The molecule has 0 bridgehead atoms. The lowest BCUT2D eigenvalue weighted by Gasteiger charge is -2.18. The first-order chi connectivity index (χ1) is 10.5. The summed E-state index contributed by atoms with van der Waals surface area (Å²) in [5.74, 6) is -0.805. The molecule has 2 aromatic carbocycles. The molecule has 0 amide bonds. The third-order valence-corrected chi connectivity index (χ3v) is 3.86. The van der Waals surface area contributed by atoms with E-state index in [1.807, 2.05) is 0 Å². The first-order valence-corrected chi connectivity index (χ1v) is 6.58. The highest BCUT2D eigenvalue weighted by molar-refractivity contribution is 6.43. The van der Waals surface area contributed by atoms with Gasteiger partial charge in [-0.2, -0.15) is 0 Å². The molecule has 0 heterocycles. The number of ketones is 2. The Morgan fingerprint density at radius 2 is 1.77 bits per heavy atom. The molecule has 0 radical (unpaired) electrons. The number of ether oxygens (including phenoxy) is 1. The number of nitro benzene ring substituents is 1. The number of methoxy groups -OCH3 is 1. The van der Waals surface area contributed by atoms with E-state index in [1.165, 1.54) is 19.2 Å². The minimum absolute atomic E-state index is 0.0352. The summed E-state index contributed by atoms with van der Waals surface area (Å²) >= 11 is 6.23. The number of carbonyl (C=O) groups is 2. The lowest BCUT2D eigenvalue weighted by Crippen LogP contribution is -2.14. The summed E-state index contributed by atoms with van der Waals surface area (Å²) < 4.78 is 5.25. The Morgan fingerprint density at radius 1 is 1.14 bits per heavy atom. The van der Waals surface area contributed by atoms with Gasteiger partial charge in [-0.05, 0) is 12.2 Å². The molecule has 110 valence electrons. The number of benzene rings is 2. The van der Waals surface area contributed by atoms with Gasteiger partial charge in [-0.25, -0.2) is 0 Å². The largest absolute Gasteiger partial charge is 0.495 e. The number of allylic oxidation sites excluding steroid dienone is 2. The van der Waals surface area contributed by atoms with Gasteiger partial charge in [0.15, 0.2) is 11.6 Å². The first kappa shape index (κ1) is 14.2. The van der Waals surface area contributed by atoms with Crippen LogP contribution < -0.4 is 4.74 Å². The van der Waals surface area contributed by atoms with Gasteiger partial charge in [0.1, 0.15) is 5.75 Å². The van der Waals surface area contributed by atoms with Crippen LogP contribution in [0.5, 0.6) is 5.75 Å². The fourth-order valence-electron chi connectivity index (χ4n) is 2.59. The van der Waals surface area contributed by atoms with Crippen LogP contribution in [0.15, 0.2) is 30.4 Å². The zero-order chi connectivity index (χ0) is 16.0. The average Bonchev–Trinajstić information content (AvgIpc) is 2.50. The number of rotatable bonds is 2.